The van der Waals surface area contributed by atoms with Gasteiger partial charge in [-0.2, -0.15) is 5.10 Å². The highest BCUT2D eigenvalue weighted by Crippen LogP contribution is 2.25. The van der Waals surface area contributed by atoms with Crippen molar-refractivity contribution in [2.75, 3.05) is 5.73 Å². The minimum absolute atomic E-state index is 0.0139. The highest BCUT2D eigenvalue weighted by atomic mass is 79.9. The highest BCUT2D eigenvalue weighted by Gasteiger charge is 2.22. The van der Waals surface area contributed by atoms with Crippen LogP contribution in [0.5, 0.6) is 0 Å². The molecule has 100 valence electrons. The minimum atomic E-state index is -0.496. The number of nitrogens with zero attached hydrogens (tertiary/aromatic N) is 2. The van der Waals surface area contributed by atoms with Gasteiger partial charge < -0.3 is 5.73 Å². The SMILES string of the molecule is CC(C)n1ncc(Br)c1C(=O)c1cc(F)ccc1N. The van der Waals surface area contributed by atoms with E-state index in [2.05, 4.69) is 21.0 Å². The number of rotatable bonds is 3. The van der Waals surface area contributed by atoms with Crippen molar-refractivity contribution in [3.8, 4) is 0 Å². The first-order valence-corrected chi connectivity index (χ1v) is 6.54. The Bertz CT molecular complexity index is 637. The molecule has 4 nitrogen and oxygen atoms in total. The molecule has 1 aromatic heterocycles. The first kappa shape index (κ1) is 13.7. The van der Waals surface area contributed by atoms with Crippen molar-refractivity contribution in [2.45, 2.75) is 19.9 Å². The van der Waals surface area contributed by atoms with Gasteiger partial charge in [0, 0.05) is 11.7 Å². The van der Waals surface area contributed by atoms with E-state index in [1.807, 2.05) is 13.8 Å². The Kier molecular flexibility index (Phi) is 3.71. The van der Waals surface area contributed by atoms with Crippen LogP contribution in [0.2, 0.25) is 0 Å². The summed E-state index contributed by atoms with van der Waals surface area (Å²) < 4.78 is 15.4. The van der Waals surface area contributed by atoms with Crippen LogP contribution in [0.3, 0.4) is 0 Å². The molecule has 0 saturated carbocycles. The van der Waals surface area contributed by atoms with Gasteiger partial charge in [-0.25, -0.2) is 4.39 Å². The van der Waals surface area contributed by atoms with Crippen LogP contribution in [0.4, 0.5) is 10.1 Å². The van der Waals surface area contributed by atoms with Crippen LogP contribution in [0.1, 0.15) is 35.9 Å². The molecule has 0 amide bonds. The van der Waals surface area contributed by atoms with E-state index in [0.29, 0.717) is 10.2 Å². The molecular weight excluding hydrogens is 313 g/mol. The standard InChI is InChI=1S/C13H13BrFN3O/c1-7(2)18-12(10(14)6-17-18)13(19)9-5-8(15)3-4-11(9)16/h3-7H,16H2,1-2H3. The monoisotopic (exact) mass is 325 g/mol. The van der Waals surface area contributed by atoms with Crippen LogP contribution in [0, 0.1) is 5.82 Å². The summed E-state index contributed by atoms with van der Waals surface area (Å²) in [4.78, 5) is 12.5. The minimum Gasteiger partial charge on any atom is -0.398 e. The Balaban J connectivity index is 2.56. The lowest BCUT2D eigenvalue weighted by Crippen LogP contribution is -2.15. The van der Waals surface area contributed by atoms with E-state index in [1.54, 1.807) is 10.9 Å². The van der Waals surface area contributed by atoms with Crippen molar-refractivity contribution in [2.24, 2.45) is 0 Å². The maximum absolute atomic E-state index is 13.3. The Morgan fingerprint density at radius 3 is 2.79 bits per heavy atom. The molecule has 0 aliphatic carbocycles. The van der Waals surface area contributed by atoms with Crippen molar-refractivity contribution in [1.82, 2.24) is 9.78 Å². The largest absolute Gasteiger partial charge is 0.398 e. The number of hydrogen-bond donors (Lipinski definition) is 1. The molecule has 0 unspecified atom stereocenters. The van der Waals surface area contributed by atoms with Gasteiger partial charge in [0.2, 0.25) is 5.78 Å². The fourth-order valence-corrected chi connectivity index (χ4v) is 2.25. The topological polar surface area (TPSA) is 60.9 Å². The molecule has 0 radical (unpaired) electrons. The maximum Gasteiger partial charge on any atom is 0.214 e. The van der Waals surface area contributed by atoms with E-state index < -0.39 is 5.82 Å². The third-order valence-electron chi connectivity index (χ3n) is 2.71. The van der Waals surface area contributed by atoms with E-state index in [0.717, 1.165) is 6.07 Å². The molecule has 2 rings (SSSR count). The molecule has 19 heavy (non-hydrogen) atoms. The molecule has 1 aromatic carbocycles. The maximum atomic E-state index is 13.3. The predicted octanol–water partition coefficient (Wildman–Crippen LogP) is 3.18. The van der Waals surface area contributed by atoms with Gasteiger partial charge in [-0.15, -0.1) is 0 Å². The molecule has 0 spiro atoms. The number of nitrogens with two attached hydrogens (primary N) is 1. The predicted molar refractivity (Wildman–Crippen MR) is 74.6 cm³/mol. The van der Waals surface area contributed by atoms with E-state index >= 15 is 0 Å². The van der Waals surface area contributed by atoms with Crippen molar-refractivity contribution in [3.05, 3.63) is 45.9 Å². The Morgan fingerprint density at radius 2 is 2.16 bits per heavy atom. The van der Waals surface area contributed by atoms with Crippen molar-refractivity contribution in [1.29, 1.82) is 0 Å². The zero-order chi connectivity index (χ0) is 14.2. The molecule has 0 bridgehead atoms. The summed E-state index contributed by atoms with van der Waals surface area (Å²) in [5.74, 6) is -0.848. The van der Waals surface area contributed by atoms with Crippen LogP contribution in [-0.4, -0.2) is 15.6 Å². The lowest BCUT2D eigenvalue weighted by Gasteiger charge is -2.11. The summed E-state index contributed by atoms with van der Waals surface area (Å²) in [5.41, 5.74) is 6.50. The molecule has 1 heterocycles. The first-order valence-electron chi connectivity index (χ1n) is 5.74. The van der Waals surface area contributed by atoms with Gasteiger partial charge in [0.25, 0.3) is 0 Å². The average Bonchev–Trinajstić information content (AvgIpc) is 2.73. The van der Waals surface area contributed by atoms with E-state index in [1.165, 1.54) is 12.1 Å². The Hall–Kier alpha value is -1.69. The molecule has 6 heteroatoms. The lowest BCUT2D eigenvalue weighted by molar-refractivity contribution is 0.102. The van der Waals surface area contributed by atoms with Gasteiger partial charge in [-0.3, -0.25) is 9.48 Å². The Labute approximate surface area is 118 Å². The Morgan fingerprint density at radius 1 is 1.47 bits per heavy atom. The third-order valence-corrected chi connectivity index (χ3v) is 3.30. The summed E-state index contributed by atoms with van der Waals surface area (Å²) in [6.45, 7) is 3.82. The van der Waals surface area contributed by atoms with Gasteiger partial charge in [0.1, 0.15) is 11.5 Å². The molecule has 0 atom stereocenters. The van der Waals surface area contributed by atoms with Crippen molar-refractivity contribution >= 4 is 27.4 Å². The fourth-order valence-electron chi connectivity index (χ4n) is 1.80. The van der Waals surface area contributed by atoms with Crippen LogP contribution in [0.15, 0.2) is 28.9 Å². The van der Waals surface area contributed by atoms with Gasteiger partial charge in [0.15, 0.2) is 0 Å². The number of hydrogen-bond acceptors (Lipinski definition) is 3. The second-order valence-electron chi connectivity index (χ2n) is 4.44. The van der Waals surface area contributed by atoms with Gasteiger partial charge in [-0.1, -0.05) is 0 Å². The molecule has 0 aliphatic heterocycles. The number of nitrogen functional groups attached to an aromatic ring is 1. The van der Waals surface area contributed by atoms with E-state index in [4.69, 9.17) is 5.73 Å². The highest BCUT2D eigenvalue weighted by molar-refractivity contribution is 9.10. The number of carbonyl (C=O) groups excluding carboxylic acids is 1. The number of halogens is 2. The molecular formula is C13H13BrFN3O. The summed E-state index contributed by atoms with van der Waals surface area (Å²) >= 11 is 3.29. The van der Waals surface area contributed by atoms with E-state index in [9.17, 15) is 9.18 Å². The number of ketones is 1. The molecule has 0 saturated heterocycles. The van der Waals surface area contributed by atoms with Crippen LogP contribution in [-0.2, 0) is 0 Å². The molecule has 0 fully saturated rings. The van der Waals surface area contributed by atoms with Gasteiger partial charge in [0.05, 0.1) is 16.2 Å². The summed E-state index contributed by atoms with van der Waals surface area (Å²) in [5, 5.41) is 4.13. The van der Waals surface area contributed by atoms with Crippen molar-refractivity contribution in [3.63, 3.8) is 0 Å². The van der Waals surface area contributed by atoms with Crippen LogP contribution < -0.4 is 5.73 Å². The molecule has 2 aromatic rings. The number of anilines is 1. The van der Waals surface area contributed by atoms with Gasteiger partial charge in [-0.05, 0) is 48.0 Å². The lowest BCUT2D eigenvalue weighted by atomic mass is 10.1. The molecule has 2 N–H and O–H groups in total. The second-order valence-corrected chi connectivity index (χ2v) is 5.29. The third kappa shape index (κ3) is 2.53. The average molecular weight is 326 g/mol. The van der Waals surface area contributed by atoms with Crippen LogP contribution >= 0.6 is 15.9 Å². The fraction of sp³-hybridized carbons (Fsp3) is 0.231. The van der Waals surface area contributed by atoms with Crippen molar-refractivity contribution < 1.29 is 9.18 Å². The van der Waals surface area contributed by atoms with E-state index in [-0.39, 0.29) is 23.1 Å². The zero-order valence-electron chi connectivity index (χ0n) is 10.5. The van der Waals surface area contributed by atoms with Gasteiger partial charge >= 0.3 is 0 Å². The number of aromatic nitrogens is 2. The smallest absolute Gasteiger partial charge is 0.214 e. The second kappa shape index (κ2) is 5.13. The first-order chi connectivity index (χ1) is 8.91. The summed E-state index contributed by atoms with van der Waals surface area (Å²) in [6, 6.07) is 3.76. The summed E-state index contributed by atoms with van der Waals surface area (Å²) in [7, 11) is 0. The number of carbonyl (C=O) groups is 1. The zero-order valence-corrected chi connectivity index (χ0v) is 12.1. The normalized spacial score (nSPS) is 11.0. The quantitative estimate of drug-likeness (QED) is 0.696. The number of benzene rings is 1. The molecule has 0 aliphatic rings. The summed E-state index contributed by atoms with van der Waals surface area (Å²) in [6.07, 6.45) is 1.54. The van der Waals surface area contributed by atoms with Crippen LogP contribution in [0.25, 0.3) is 0 Å².